The van der Waals surface area contributed by atoms with Crippen molar-refractivity contribution in [2.24, 2.45) is 5.92 Å². The number of carbonyl (C=O) groups is 3. The highest BCUT2D eigenvalue weighted by Crippen LogP contribution is 2.28. The topological polar surface area (TPSA) is 91.0 Å². The maximum Gasteiger partial charge on any atom is 0.243 e. The Morgan fingerprint density at radius 1 is 1.14 bits per heavy atom. The number of ether oxygens (including phenoxy) is 1. The zero-order valence-corrected chi connectivity index (χ0v) is 17.0. The second-order valence-electron chi connectivity index (χ2n) is 7.61. The predicted molar refractivity (Wildman–Crippen MR) is 111 cm³/mol. The largest absolute Gasteiger partial charge is 0.378 e. The summed E-state index contributed by atoms with van der Waals surface area (Å²) in [6.45, 7) is 3.68. The van der Waals surface area contributed by atoms with Crippen molar-refractivity contribution in [3.8, 4) is 0 Å². The van der Waals surface area contributed by atoms with E-state index in [1.807, 2.05) is 24.3 Å². The Hall–Kier alpha value is -2.61. The van der Waals surface area contributed by atoms with E-state index < -0.39 is 0 Å². The fraction of sp³-hybridized carbons (Fsp3) is 0.571. The van der Waals surface area contributed by atoms with Gasteiger partial charge >= 0.3 is 0 Å². The summed E-state index contributed by atoms with van der Waals surface area (Å²) in [6.07, 6.45) is 2.83. The van der Waals surface area contributed by atoms with Gasteiger partial charge in [0.1, 0.15) is 0 Å². The predicted octanol–water partition coefficient (Wildman–Crippen LogP) is 1.23. The lowest BCUT2D eigenvalue weighted by atomic mass is 10.2. The first kappa shape index (κ1) is 21.1. The molecule has 3 rings (SSSR count). The smallest absolute Gasteiger partial charge is 0.243 e. The average Bonchev–Trinajstić information content (AvgIpc) is 3.57. The van der Waals surface area contributed by atoms with E-state index in [2.05, 4.69) is 15.5 Å². The average molecular weight is 402 g/mol. The molecule has 158 valence electrons. The van der Waals surface area contributed by atoms with Crippen LogP contribution in [0.4, 0.5) is 11.4 Å². The summed E-state index contributed by atoms with van der Waals surface area (Å²) in [7, 11) is 1.62. The van der Waals surface area contributed by atoms with Crippen LogP contribution in [0.2, 0.25) is 0 Å². The van der Waals surface area contributed by atoms with Crippen molar-refractivity contribution in [1.29, 1.82) is 0 Å². The minimum absolute atomic E-state index is 0.00151. The van der Waals surface area contributed by atoms with Crippen LogP contribution in [0.5, 0.6) is 0 Å². The van der Waals surface area contributed by atoms with Crippen LogP contribution in [-0.4, -0.2) is 69.1 Å². The lowest BCUT2D eigenvalue weighted by Crippen LogP contribution is -2.36. The first-order valence-corrected chi connectivity index (χ1v) is 10.3. The Labute approximate surface area is 171 Å². The maximum atomic E-state index is 12.2. The second-order valence-corrected chi connectivity index (χ2v) is 7.61. The van der Waals surface area contributed by atoms with Gasteiger partial charge in [-0.3, -0.25) is 14.4 Å². The van der Waals surface area contributed by atoms with E-state index in [0.717, 1.165) is 44.8 Å². The quantitative estimate of drug-likeness (QED) is 0.606. The number of hydrogen-bond donors (Lipinski definition) is 2. The molecule has 1 aliphatic carbocycles. The van der Waals surface area contributed by atoms with Gasteiger partial charge in [0.05, 0.1) is 19.8 Å². The van der Waals surface area contributed by atoms with E-state index in [-0.39, 0.29) is 30.2 Å². The summed E-state index contributed by atoms with van der Waals surface area (Å²) < 4.78 is 5.36. The van der Waals surface area contributed by atoms with Crippen LogP contribution in [0.3, 0.4) is 0 Å². The Balaban J connectivity index is 1.35. The number of morpholine rings is 1. The number of anilines is 2. The van der Waals surface area contributed by atoms with Gasteiger partial charge in [0.15, 0.2) is 0 Å². The van der Waals surface area contributed by atoms with Crippen LogP contribution < -0.4 is 15.5 Å². The van der Waals surface area contributed by atoms with E-state index in [4.69, 9.17) is 4.74 Å². The van der Waals surface area contributed by atoms with E-state index in [9.17, 15) is 14.4 Å². The number of benzene rings is 1. The Morgan fingerprint density at radius 3 is 2.48 bits per heavy atom. The molecule has 1 heterocycles. The fourth-order valence-electron chi connectivity index (χ4n) is 3.21. The molecule has 2 aliphatic rings. The molecule has 8 heteroatoms. The standard InChI is InChI=1S/C21H30N4O4/c1-24(20(27)3-2-10-22-21(28)16-4-5-16)15-19(26)23-17-6-8-18(9-7-17)25-11-13-29-14-12-25/h6-9,16H,2-5,10-15H2,1H3,(H,22,28)(H,23,26). The zero-order valence-electron chi connectivity index (χ0n) is 17.0. The first-order chi connectivity index (χ1) is 14.0. The van der Waals surface area contributed by atoms with Gasteiger partial charge in [-0.2, -0.15) is 0 Å². The molecule has 29 heavy (non-hydrogen) atoms. The van der Waals surface area contributed by atoms with E-state index in [0.29, 0.717) is 25.1 Å². The van der Waals surface area contributed by atoms with Crippen LogP contribution in [0.25, 0.3) is 0 Å². The molecule has 1 aromatic carbocycles. The van der Waals surface area contributed by atoms with Crippen LogP contribution in [0.15, 0.2) is 24.3 Å². The molecular weight excluding hydrogens is 372 g/mol. The van der Waals surface area contributed by atoms with Gasteiger partial charge in [0.2, 0.25) is 17.7 Å². The van der Waals surface area contributed by atoms with E-state index in [1.165, 1.54) is 4.90 Å². The summed E-state index contributed by atoms with van der Waals surface area (Å²) in [5.74, 6) is -0.0738. The van der Waals surface area contributed by atoms with Gasteiger partial charge < -0.3 is 25.2 Å². The molecule has 0 spiro atoms. The minimum atomic E-state index is -0.234. The molecule has 0 bridgehead atoms. The normalized spacial score (nSPS) is 16.2. The van der Waals surface area contributed by atoms with Gasteiger partial charge in [0, 0.05) is 50.4 Å². The molecular formula is C21H30N4O4. The zero-order chi connectivity index (χ0) is 20.6. The van der Waals surface area contributed by atoms with E-state index in [1.54, 1.807) is 7.05 Å². The Kier molecular flexibility index (Phi) is 7.46. The molecule has 1 aromatic rings. The lowest BCUT2D eigenvalue weighted by Gasteiger charge is -2.28. The molecule has 3 amide bonds. The highest BCUT2D eigenvalue weighted by molar-refractivity contribution is 5.94. The van der Waals surface area contributed by atoms with Crippen molar-refractivity contribution in [3.05, 3.63) is 24.3 Å². The maximum absolute atomic E-state index is 12.2. The van der Waals surface area contributed by atoms with Crippen molar-refractivity contribution in [1.82, 2.24) is 10.2 Å². The number of carbonyl (C=O) groups excluding carboxylic acids is 3. The number of likely N-dealkylation sites (N-methyl/N-ethyl adjacent to an activating group) is 1. The van der Waals surface area contributed by atoms with Gasteiger partial charge in [-0.1, -0.05) is 0 Å². The third kappa shape index (κ3) is 6.74. The lowest BCUT2D eigenvalue weighted by molar-refractivity contribution is -0.133. The highest BCUT2D eigenvalue weighted by atomic mass is 16.5. The van der Waals surface area contributed by atoms with Gasteiger partial charge in [-0.25, -0.2) is 0 Å². The third-order valence-corrected chi connectivity index (χ3v) is 5.15. The molecule has 0 aromatic heterocycles. The molecule has 1 aliphatic heterocycles. The molecule has 2 N–H and O–H groups in total. The minimum Gasteiger partial charge on any atom is -0.378 e. The molecule has 8 nitrogen and oxygen atoms in total. The van der Waals surface area contributed by atoms with Crippen molar-refractivity contribution in [2.45, 2.75) is 25.7 Å². The van der Waals surface area contributed by atoms with Crippen LogP contribution in [0.1, 0.15) is 25.7 Å². The summed E-state index contributed by atoms with van der Waals surface area (Å²) >= 11 is 0. The first-order valence-electron chi connectivity index (χ1n) is 10.3. The van der Waals surface area contributed by atoms with Crippen molar-refractivity contribution in [2.75, 3.05) is 56.7 Å². The molecule has 1 saturated carbocycles. The van der Waals surface area contributed by atoms with Gasteiger partial charge in [-0.05, 0) is 43.5 Å². The van der Waals surface area contributed by atoms with Crippen molar-refractivity contribution < 1.29 is 19.1 Å². The van der Waals surface area contributed by atoms with Crippen LogP contribution in [-0.2, 0) is 19.1 Å². The number of nitrogens with one attached hydrogen (secondary N) is 2. The molecule has 1 saturated heterocycles. The highest BCUT2D eigenvalue weighted by Gasteiger charge is 2.29. The summed E-state index contributed by atoms with van der Waals surface area (Å²) in [6, 6.07) is 7.69. The number of amides is 3. The Bertz CT molecular complexity index is 712. The van der Waals surface area contributed by atoms with Gasteiger partial charge in [0.25, 0.3) is 0 Å². The second kappa shape index (κ2) is 10.2. The van der Waals surface area contributed by atoms with Crippen molar-refractivity contribution >= 4 is 29.1 Å². The molecule has 0 unspecified atom stereocenters. The van der Waals surface area contributed by atoms with Crippen LogP contribution in [0, 0.1) is 5.92 Å². The fourth-order valence-corrected chi connectivity index (χ4v) is 3.21. The summed E-state index contributed by atoms with van der Waals surface area (Å²) in [4.78, 5) is 39.6. The third-order valence-electron chi connectivity index (χ3n) is 5.15. The number of hydrogen-bond acceptors (Lipinski definition) is 5. The Morgan fingerprint density at radius 2 is 1.83 bits per heavy atom. The SMILES string of the molecule is CN(CC(=O)Nc1ccc(N2CCOCC2)cc1)C(=O)CCCNC(=O)C1CC1. The molecule has 2 fully saturated rings. The van der Waals surface area contributed by atoms with Crippen LogP contribution >= 0.6 is 0 Å². The summed E-state index contributed by atoms with van der Waals surface area (Å²) in [5, 5.41) is 5.67. The number of rotatable bonds is 9. The molecule has 0 radical (unpaired) electrons. The summed E-state index contributed by atoms with van der Waals surface area (Å²) in [5.41, 5.74) is 1.81. The van der Waals surface area contributed by atoms with E-state index >= 15 is 0 Å². The van der Waals surface area contributed by atoms with Crippen molar-refractivity contribution in [3.63, 3.8) is 0 Å². The van der Waals surface area contributed by atoms with Gasteiger partial charge in [-0.15, -0.1) is 0 Å². The number of nitrogens with zero attached hydrogens (tertiary/aromatic N) is 2. The molecule has 0 atom stereocenters. The monoisotopic (exact) mass is 402 g/mol.